The number of likely N-dealkylation sites (tertiary alicyclic amines) is 1. The minimum Gasteiger partial charge on any atom is -0.464 e. The summed E-state index contributed by atoms with van der Waals surface area (Å²) in [7, 11) is 0. The van der Waals surface area contributed by atoms with E-state index in [1.165, 1.54) is 0 Å². The Labute approximate surface area is 125 Å². The number of hydrogen-bond donors (Lipinski definition) is 1. The molecule has 1 fully saturated rings. The first-order valence-electron chi connectivity index (χ1n) is 7.51. The molecule has 1 aliphatic heterocycles. The molecule has 0 bridgehead atoms. The van der Waals surface area contributed by atoms with Gasteiger partial charge in [0, 0.05) is 19.5 Å². The Bertz CT molecular complexity index is 521. The summed E-state index contributed by atoms with van der Waals surface area (Å²) in [4.78, 5) is 26.0. The van der Waals surface area contributed by atoms with Crippen LogP contribution >= 0.6 is 0 Å². The molecule has 2 unspecified atom stereocenters. The van der Waals surface area contributed by atoms with E-state index in [1.54, 1.807) is 4.90 Å². The number of carbonyl (C=O) groups excluding carboxylic acids is 2. The number of hydrogen-bond acceptors (Lipinski definition) is 3. The first-order chi connectivity index (χ1) is 9.86. The van der Waals surface area contributed by atoms with E-state index in [9.17, 15) is 9.59 Å². The minimum atomic E-state index is -0.255. The van der Waals surface area contributed by atoms with Gasteiger partial charge in [-0.3, -0.25) is 9.59 Å². The predicted octanol–water partition coefficient (Wildman–Crippen LogP) is 2.27. The smallest absolute Gasteiger partial charge is 0.226 e. The maximum absolute atomic E-state index is 12.3. The van der Waals surface area contributed by atoms with Crippen LogP contribution in [-0.2, 0) is 9.59 Å². The van der Waals surface area contributed by atoms with E-state index >= 15 is 0 Å². The standard InChI is InChI=1S/C16H24N2O3/c1-10(2)8-18-9-13(7-15(18)19)16(20)17-12(4)14-6-5-11(3)21-14/h5-6,10,12-13H,7-9H2,1-4H3,(H,17,20). The largest absolute Gasteiger partial charge is 0.464 e. The Balaban J connectivity index is 1.91. The zero-order valence-electron chi connectivity index (χ0n) is 13.2. The number of carbonyl (C=O) groups is 2. The van der Waals surface area contributed by atoms with Gasteiger partial charge in [-0.05, 0) is 31.9 Å². The van der Waals surface area contributed by atoms with Gasteiger partial charge in [0.15, 0.2) is 0 Å². The molecule has 2 amide bonds. The third-order valence-corrected chi connectivity index (χ3v) is 3.72. The Morgan fingerprint density at radius 1 is 1.43 bits per heavy atom. The van der Waals surface area contributed by atoms with Crippen molar-refractivity contribution in [3.8, 4) is 0 Å². The van der Waals surface area contributed by atoms with Crippen LogP contribution in [-0.4, -0.2) is 29.8 Å². The quantitative estimate of drug-likeness (QED) is 0.905. The van der Waals surface area contributed by atoms with Gasteiger partial charge in [-0.25, -0.2) is 0 Å². The van der Waals surface area contributed by atoms with E-state index in [0.29, 0.717) is 18.9 Å². The van der Waals surface area contributed by atoms with Gasteiger partial charge in [-0.15, -0.1) is 0 Å². The average molecular weight is 292 g/mol. The molecule has 0 radical (unpaired) electrons. The van der Waals surface area contributed by atoms with Gasteiger partial charge in [0.1, 0.15) is 11.5 Å². The van der Waals surface area contributed by atoms with Crippen molar-refractivity contribution in [3.05, 3.63) is 23.7 Å². The molecule has 0 aliphatic carbocycles. The predicted molar refractivity (Wildman–Crippen MR) is 79.5 cm³/mol. The summed E-state index contributed by atoms with van der Waals surface area (Å²) >= 11 is 0. The number of nitrogens with zero attached hydrogens (tertiary/aromatic N) is 1. The van der Waals surface area contributed by atoms with Crippen LogP contribution in [0.15, 0.2) is 16.5 Å². The van der Waals surface area contributed by atoms with Crippen LogP contribution < -0.4 is 5.32 Å². The van der Waals surface area contributed by atoms with Crippen LogP contribution in [0, 0.1) is 18.8 Å². The summed E-state index contributed by atoms with van der Waals surface area (Å²) in [6, 6.07) is 3.56. The highest BCUT2D eigenvalue weighted by Crippen LogP contribution is 2.21. The lowest BCUT2D eigenvalue weighted by Crippen LogP contribution is -2.35. The number of aryl methyl sites for hydroxylation is 1. The summed E-state index contributed by atoms with van der Waals surface area (Å²) in [6.07, 6.45) is 0.308. The highest BCUT2D eigenvalue weighted by atomic mass is 16.3. The normalized spacial score (nSPS) is 20.1. The van der Waals surface area contributed by atoms with Crippen LogP contribution in [0.3, 0.4) is 0 Å². The van der Waals surface area contributed by atoms with Crippen molar-refractivity contribution >= 4 is 11.8 Å². The van der Waals surface area contributed by atoms with Crippen molar-refractivity contribution in [1.29, 1.82) is 0 Å². The molecule has 5 heteroatoms. The van der Waals surface area contributed by atoms with E-state index in [2.05, 4.69) is 19.2 Å². The first-order valence-corrected chi connectivity index (χ1v) is 7.51. The lowest BCUT2D eigenvalue weighted by molar-refractivity contribution is -0.129. The molecule has 1 saturated heterocycles. The van der Waals surface area contributed by atoms with Crippen molar-refractivity contribution in [3.63, 3.8) is 0 Å². The third-order valence-electron chi connectivity index (χ3n) is 3.72. The van der Waals surface area contributed by atoms with Crippen LogP contribution in [0.4, 0.5) is 0 Å². The molecular formula is C16H24N2O3. The molecule has 0 saturated carbocycles. The van der Waals surface area contributed by atoms with Crippen LogP contribution in [0.1, 0.15) is 44.8 Å². The lowest BCUT2D eigenvalue weighted by Gasteiger charge is -2.19. The summed E-state index contributed by atoms with van der Waals surface area (Å²) in [5.41, 5.74) is 0. The van der Waals surface area contributed by atoms with Crippen LogP contribution in [0.2, 0.25) is 0 Å². The van der Waals surface area contributed by atoms with Gasteiger partial charge in [-0.2, -0.15) is 0 Å². The summed E-state index contributed by atoms with van der Waals surface area (Å²) < 4.78 is 5.51. The van der Waals surface area contributed by atoms with Gasteiger partial charge in [0.25, 0.3) is 0 Å². The fourth-order valence-electron chi connectivity index (χ4n) is 2.65. The summed E-state index contributed by atoms with van der Waals surface area (Å²) in [5, 5.41) is 2.93. The SMILES string of the molecule is Cc1ccc(C(C)NC(=O)C2CC(=O)N(CC(C)C)C2)o1. The molecule has 116 valence electrons. The Morgan fingerprint density at radius 2 is 2.14 bits per heavy atom. The topological polar surface area (TPSA) is 62.6 Å². The Hall–Kier alpha value is -1.78. The zero-order valence-corrected chi connectivity index (χ0v) is 13.2. The second kappa shape index (κ2) is 6.33. The fraction of sp³-hybridized carbons (Fsp3) is 0.625. The second-order valence-electron chi connectivity index (χ2n) is 6.27. The van der Waals surface area contributed by atoms with Gasteiger partial charge < -0.3 is 14.6 Å². The van der Waals surface area contributed by atoms with E-state index < -0.39 is 0 Å². The highest BCUT2D eigenvalue weighted by molar-refractivity contribution is 5.89. The maximum atomic E-state index is 12.3. The third kappa shape index (κ3) is 3.86. The molecular weight excluding hydrogens is 268 g/mol. The first kappa shape index (κ1) is 15.6. The van der Waals surface area contributed by atoms with Crippen molar-refractivity contribution < 1.29 is 14.0 Å². The van der Waals surface area contributed by atoms with Crippen molar-refractivity contribution in [2.75, 3.05) is 13.1 Å². The molecule has 1 aromatic heterocycles. The van der Waals surface area contributed by atoms with Gasteiger partial charge >= 0.3 is 0 Å². The highest BCUT2D eigenvalue weighted by Gasteiger charge is 2.35. The lowest BCUT2D eigenvalue weighted by atomic mass is 10.1. The number of rotatable bonds is 5. The van der Waals surface area contributed by atoms with Crippen LogP contribution in [0.5, 0.6) is 0 Å². The zero-order chi connectivity index (χ0) is 15.6. The maximum Gasteiger partial charge on any atom is 0.226 e. The van der Waals surface area contributed by atoms with Gasteiger partial charge in [0.2, 0.25) is 11.8 Å². The molecule has 0 spiro atoms. The Kier molecular flexibility index (Phi) is 4.70. The monoisotopic (exact) mass is 292 g/mol. The average Bonchev–Trinajstić information content (AvgIpc) is 2.96. The molecule has 1 N–H and O–H groups in total. The number of furan rings is 1. The number of amides is 2. The molecule has 2 rings (SSSR count). The van der Waals surface area contributed by atoms with E-state index in [4.69, 9.17) is 4.42 Å². The van der Waals surface area contributed by atoms with Crippen molar-refractivity contribution in [2.24, 2.45) is 11.8 Å². The van der Waals surface area contributed by atoms with E-state index in [-0.39, 0.29) is 23.8 Å². The van der Waals surface area contributed by atoms with E-state index in [1.807, 2.05) is 26.0 Å². The van der Waals surface area contributed by atoms with Gasteiger partial charge in [0.05, 0.1) is 12.0 Å². The summed E-state index contributed by atoms with van der Waals surface area (Å²) in [5.74, 6) is 1.73. The molecule has 1 aromatic rings. The molecule has 5 nitrogen and oxygen atoms in total. The molecule has 21 heavy (non-hydrogen) atoms. The van der Waals surface area contributed by atoms with E-state index in [0.717, 1.165) is 18.1 Å². The number of nitrogens with one attached hydrogen (secondary N) is 1. The van der Waals surface area contributed by atoms with Crippen molar-refractivity contribution in [2.45, 2.75) is 40.2 Å². The fourth-order valence-corrected chi connectivity index (χ4v) is 2.65. The molecule has 2 heterocycles. The second-order valence-corrected chi connectivity index (χ2v) is 6.27. The molecule has 2 atom stereocenters. The van der Waals surface area contributed by atoms with Crippen molar-refractivity contribution in [1.82, 2.24) is 10.2 Å². The van der Waals surface area contributed by atoms with Gasteiger partial charge in [-0.1, -0.05) is 13.8 Å². The molecule has 0 aromatic carbocycles. The molecule has 1 aliphatic rings. The Morgan fingerprint density at radius 3 is 2.71 bits per heavy atom. The summed E-state index contributed by atoms with van der Waals surface area (Å²) in [6.45, 7) is 9.14. The minimum absolute atomic E-state index is 0.0730. The van der Waals surface area contributed by atoms with Crippen LogP contribution in [0.25, 0.3) is 0 Å².